The maximum atomic E-state index is 5.85. The number of ether oxygens (including phenoxy) is 1. The molecule has 3 heteroatoms. The third-order valence-corrected chi connectivity index (χ3v) is 4.22. The van der Waals surface area contributed by atoms with Gasteiger partial charge in [-0.2, -0.15) is 0 Å². The Morgan fingerprint density at radius 3 is 3.11 bits per heavy atom. The largest absolute Gasteiger partial charge is 0.493 e. The molecule has 1 N–H and O–H groups in total. The standard InChI is InChI=1S/C16H24BrNO/c1-3-4-6-12(2)18-15-7-5-10-19-16-11-13(17)8-9-14(15)16/h8-9,11-12,15,18H,3-7,10H2,1-2H3. The van der Waals surface area contributed by atoms with Crippen molar-refractivity contribution in [3.8, 4) is 5.75 Å². The first-order valence-corrected chi connectivity index (χ1v) is 8.18. The minimum Gasteiger partial charge on any atom is -0.493 e. The molecule has 0 saturated heterocycles. The van der Waals surface area contributed by atoms with Crippen molar-refractivity contribution in [1.82, 2.24) is 5.32 Å². The summed E-state index contributed by atoms with van der Waals surface area (Å²) in [5, 5.41) is 3.77. The number of fused-ring (bicyclic) bond motifs is 1. The Morgan fingerprint density at radius 2 is 2.32 bits per heavy atom. The lowest BCUT2D eigenvalue weighted by Gasteiger charge is -2.23. The quantitative estimate of drug-likeness (QED) is 0.837. The number of unbranched alkanes of at least 4 members (excludes halogenated alkanes) is 1. The molecule has 2 rings (SSSR count). The van der Waals surface area contributed by atoms with Crippen molar-refractivity contribution in [3.05, 3.63) is 28.2 Å². The van der Waals surface area contributed by atoms with E-state index in [4.69, 9.17) is 4.74 Å². The average molecular weight is 326 g/mol. The molecule has 0 bridgehead atoms. The summed E-state index contributed by atoms with van der Waals surface area (Å²) in [5.41, 5.74) is 1.31. The van der Waals surface area contributed by atoms with Crippen LogP contribution in [0.1, 0.15) is 57.6 Å². The van der Waals surface area contributed by atoms with Crippen molar-refractivity contribution in [1.29, 1.82) is 0 Å². The molecule has 1 aromatic carbocycles. The Balaban J connectivity index is 2.08. The Kier molecular flexibility index (Phi) is 5.71. The van der Waals surface area contributed by atoms with Crippen molar-refractivity contribution in [2.45, 2.75) is 58.0 Å². The van der Waals surface area contributed by atoms with Crippen LogP contribution < -0.4 is 10.1 Å². The fourth-order valence-corrected chi connectivity index (χ4v) is 3.00. The summed E-state index contributed by atoms with van der Waals surface area (Å²) in [5.74, 6) is 1.03. The van der Waals surface area contributed by atoms with E-state index in [1.165, 1.54) is 24.8 Å². The summed E-state index contributed by atoms with van der Waals surface area (Å²) in [6.45, 7) is 5.37. The van der Waals surface area contributed by atoms with Gasteiger partial charge in [0.25, 0.3) is 0 Å². The minimum atomic E-state index is 0.428. The van der Waals surface area contributed by atoms with E-state index in [9.17, 15) is 0 Å². The second kappa shape index (κ2) is 7.30. The van der Waals surface area contributed by atoms with Gasteiger partial charge in [-0.25, -0.2) is 0 Å². The van der Waals surface area contributed by atoms with Crippen LogP contribution in [0.25, 0.3) is 0 Å². The Bertz CT molecular complexity index is 408. The molecule has 0 aromatic heterocycles. The van der Waals surface area contributed by atoms with Crippen LogP contribution in [-0.2, 0) is 0 Å². The molecule has 0 amide bonds. The van der Waals surface area contributed by atoms with Crippen LogP contribution in [0, 0.1) is 0 Å². The van der Waals surface area contributed by atoms with E-state index in [1.807, 2.05) is 0 Å². The van der Waals surface area contributed by atoms with Crippen LogP contribution in [0.4, 0.5) is 0 Å². The van der Waals surface area contributed by atoms with Gasteiger partial charge in [0, 0.05) is 22.1 Å². The Hall–Kier alpha value is -0.540. The van der Waals surface area contributed by atoms with Crippen molar-refractivity contribution in [2.75, 3.05) is 6.61 Å². The van der Waals surface area contributed by atoms with Gasteiger partial charge in [-0.1, -0.05) is 41.8 Å². The number of hydrogen-bond donors (Lipinski definition) is 1. The van der Waals surface area contributed by atoms with Gasteiger partial charge in [0.05, 0.1) is 6.61 Å². The highest BCUT2D eigenvalue weighted by molar-refractivity contribution is 9.10. The van der Waals surface area contributed by atoms with Crippen LogP contribution in [0.3, 0.4) is 0 Å². The van der Waals surface area contributed by atoms with Crippen molar-refractivity contribution < 1.29 is 4.74 Å². The molecule has 0 fully saturated rings. The molecule has 2 nitrogen and oxygen atoms in total. The number of nitrogens with one attached hydrogen (secondary N) is 1. The Morgan fingerprint density at radius 1 is 1.47 bits per heavy atom. The fourth-order valence-electron chi connectivity index (χ4n) is 2.66. The molecular formula is C16H24BrNO. The van der Waals surface area contributed by atoms with Crippen molar-refractivity contribution >= 4 is 15.9 Å². The van der Waals surface area contributed by atoms with Gasteiger partial charge in [-0.05, 0) is 38.3 Å². The molecule has 0 aliphatic carbocycles. The normalized spacial score (nSPS) is 20.3. The number of rotatable bonds is 5. The van der Waals surface area contributed by atoms with Gasteiger partial charge in [-0.15, -0.1) is 0 Å². The number of hydrogen-bond acceptors (Lipinski definition) is 2. The first-order chi connectivity index (χ1) is 9.20. The zero-order valence-corrected chi connectivity index (χ0v) is 13.5. The van der Waals surface area contributed by atoms with E-state index in [0.717, 1.165) is 29.7 Å². The van der Waals surface area contributed by atoms with Gasteiger partial charge >= 0.3 is 0 Å². The van der Waals surface area contributed by atoms with Gasteiger partial charge in [0.1, 0.15) is 5.75 Å². The smallest absolute Gasteiger partial charge is 0.125 e. The van der Waals surface area contributed by atoms with E-state index in [0.29, 0.717) is 12.1 Å². The maximum absolute atomic E-state index is 5.85. The Labute approximate surface area is 125 Å². The molecule has 1 aromatic rings. The molecule has 1 heterocycles. The summed E-state index contributed by atoms with van der Waals surface area (Å²) in [4.78, 5) is 0. The predicted octanol–water partition coefficient (Wildman–Crippen LogP) is 4.83. The molecule has 1 aliphatic heterocycles. The highest BCUT2D eigenvalue weighted by Crippen LogP contribution is 2.34. The summed E-state index contributed by atoms with van der Waals surface area (Å²) >= 11 is 3.52. The molecule has 1 aliphatic rings. The average Bonchev–Trinajstić information content (AvgIpc) is 2.58. The summed E-state index contributed by atoms with van der Waals surface area (Å²) in [6.07, 6.45) is 6.09. The molecule has 0 saturated carbocycles. The van der Waals surface area contributed by atoms with E-state index in [2.05, 4.69) is 53.3 Å². The number of halogens is 1. The molecule has 106 valence electrons. The first kappa shape index (κ1) is 14.9. The minimum absolute atomic E-state index is 0.428. The van der Waals surface area contributed by atoms with Crippen LogP contribution in [-0.4, -0.2) is 12.6 Å². The maximum Gasteiger partial charge on any atom is 0.125 e. The molecule has 2 unspecified atom stereocenters. The zero-order valence-electron chi connectivity index (χ0n) is 11.9. The first-order valence-electron chi connectivity index (χ1n) is 7.39. The topological polar surface area (TPSA) is 21.3 Å². The van der Waals surface area contributed by atoms with Crippen LogP contribution in [0.5, 0.6) is 5.75 Å². The summed E-state index contributed by atoms with van der Waals surface area (Å²) in [7, 11) is 0. The molecule has 0 spiro atoms. The van der Waals surface area contributed by atoms with Crippen LogP contribution >= 0.6 is 15.9 Å². The van der Waals surface area contributed by atoms with Crippen molar-refractivity contribution in [2.24, 2.45) is 0 Å². The monoisotopic (exact) mass is 325 g/mol. The number of benzene rings is 1. The van der Waals surface area contributed by atoms with E-state index >= 15 is 0 Å². The molecule has 19 heavy (non-hydrogen) atoms. The SMILES string of the molecule is CCCCC(C)NC1CCCOc2cc(Br)ccc21. The third-order valence-electron chi connectivity index (χ3n) is 3.72. The van der Waals surface area contributed by atoms with Crippen LogP contribution in [0.15, 0.2) is 22.7 Å². The van der Waals surface area contributed by atoms with Gasteiger partial charge in [0.15, 0.2) is 0 Å². The van der Waals surface area contributed by atoms with E-state index in [1.54, 1.807) is 0 Å². The van der Waals surface area contributed by atoms with E-state index < -0.39 is 0 Å². The van der Waals surface area contributed by atoms with Gasteiger partial charge in [-0.3, -0.25) is 0 Å². The second-order valence-corrected chi connectivity index (χ2v) is 6.35. The molecule has 2 atom stereocenters. The molecule has 0 radical (unpaired) electrons. The van der Waals surface area contributed by atoms with Gasteiger partial charge < -0.3 is 10.1 Å². The third kappa shape index (κ3) is 4.22. The van der Waals surface area contributed by atoms with Crippen LogP contribution in [0.2, 0.25) is 0 Å². The lowest BCUT2D eigenvalue weighted by molar-refractivity contribution is 0.314. The fraction of sp³-hybridized carbons (Fsp3) is 0.625. The lowest BCUT2D eigenvalue weighted by Crippen LogP contribution is -2.30. The van der Waals surface area contributed by atoms with Crippen molar-refractivity contribution in [3.63, 3.8) is 0 Å². The highest BCUT2D eigenvalue weighted by Gasteiger charge is 2.21. The second-order valence-electron chi connectivity index (χ2n) is 5.44. The highest BCUT2D eigenvalue weighted by atomic mass is 79.9. The van der Waals surface area contributed by atoms with Gasteiger partial charge in [0.2, 0.25) is 0 Å². The molecular weight excluding hydrogens is 302 g/mol. The van der Waals surface area contributed by atoms with E-state index in [-0.39, 0.29) is 0 Å². The lowest BCUT2D eigenvalue weighted by atomic mass is 10.00. The summed E-state index contributed by atoms with van der Waals surface area (Å²) in [6, 6.07) is 7.39. The summed E-state index contributed by atoms with van der Waals surface area (Å²) < 4.78 is 6.94. The zero-order chi connectivity index (χ0) is 13.7. The predicted molar refractivity (Wildman–Crippen MR) is 83.7 cm³/mol.